The van der Waals surface area contributed by atoms with E-state index in [-0.39, 0.29) is 39.0 Å². The number of hydrogen-bond acceptors (Lipinski definition) is 18. The van der Waals surface area contributed by atoms with Crippen LogP contribution in [-0.4, -0.2) is 76.3 Å². The number of ether oxygens (including phenoxy) is 2. The van der Waals surface area contributed by atoms with Crippen LogP contribution in [0.1, 0.15) is 41.5 Å². The van der Waals surface area contributed by atoms with Crippen molar-refractivity contribution in [2.45, 2.75) is 41.5 Å². The molecule has 0 spiro atoms. The average Bonchev–Trinajstić information content (AvgIpc) is 0.794. The minimum Gasteiger partial charge on any atom is -0.494 e. The molecule has 0 aliphatic heterocycles. The van der Waals surface area contributed by atoms with Gasteiger partial charge in [0.1, 0.15) is 0 Å². The van der Waals surface area contributed by atoms with E-state index >= 15 is 0 Å². The van der Waals surface area contributed by atoms with E-state index in [1.807, 2.05) is 210 Å². The zero-order chi connectivity index (χ0) is 81.6. The topological polar surface area (TPSA) is 295 Å². The Labute approximate surface area is 665 Å². The van der Waals surface area contributed by atoms with E-state index in [0.29, 0.717) is 22.7 Å². The van der Waals surface area contributed by atoms with Gasteiger partial charge in [0.15, 0.2) is 0 Å². The van der Waals surface area contributed by atoms with Crippen LogP contribution in [0.3, 0.4) is 0 Å². The molecule has 112 heavy (non-hydrogen) atoms. The summed E-state index contributed by atoms with van der Waals surface area (Å²) in [5.41, 5.74) is 13.1. The summed E-state index contributed by atoms with van der Waals surface area (Å²) in [6.45, 7) is 14.2. The van der Waals surface area contributed by atoms with Crippen LogP contribution in [0.25, 0.3) is 79.0 Å². The average molecular weight is 1760 g/mol. The maximum absolute atomic E-state index is 10.7. The number of halogens is 12. The Morgan fingerprint density at radius 1 is 0.286 bits per heavy atom. The van der Waals surface area contributed by atoms with Gasteiger partial charge in [-0.05, 0) is 185 Å². The summed E-state index contributed by atoms with van der Waals surface area (Å²) in [7, 11) is -21.3. The Kier molecular flexibility index (Phi) is 46.2. The van der Waals surface area contributed by atoms with Crippen LogP contribution in [0.2, 0.25) is 0 Å². The van der Waals surface area contributed by atoms with Gasteiger partial charge in [-0.15, -0.1) is 0 Å². The summed E-state index contributed by atoms with van der Waals surface area (Å²) in [6, 6.07) is 75.3. The standard InChI is InChI=1S/2C15H11N3.C14H8N6.2C10H8N2.2C4H10O.2C2H3N.2F6P.2Ru/c2*1-3-10-16-12(6-1)14-8-5-9-15(18-14)13-7-2-4-11-17-13;15-9-17-11-1-5-13(6-2-11)19-20-14-7-3-12(4-8-14)18-10-16;2*1-3-7-11-9(5-1)10-6-2-4-8-12-10;2*1-3-5-4-2;2*1-2-3;2*1-7(2,3,4,5)6;;/h2*1-11H;1-8H;2*1-8H;2*3-4H2,1-2H3;2*1H3;;;;/q;;-2;;;;;;;2*-1;2*+2. The summed E-state index contributed by atoms with van der Waals surface area (Å²) in [5, 5.41) is 46.8. The molecule has 0 fully saturated rings. The van der Waals surface area contributed by atoms with Crippen LogP contribution in [0, 0.1) is 45.6 Å². The third-order valence-corrected chi connectivity index (χ3v) is 11.5. The number of nitrogens with zero attached hydrogens (tertiary/aromatic N) is 18. The Balaban J connectivity index is 0.00000126. The summed E-state index contributed by atoms with van der Waals surface area (Å²) in [6.07, 6.45) is 17.6. The van der Waals surface area contributed by atoms with Gasteiger partial charge in [0.2, 0.25) is 0 Å². The summed E-state index contributed by atoms with van der Waals surface area (Å²) in [4.78, 5) is 43.1. The first-order valence-corrected chi connectivity index (χ1v) is 36.2. The first kappa shape index (κ1) is 100. The second-order valence-electron chi connectivity index (χ2n) is 20.1. The minimum atomic E-state index is -10.7. The second-order valence-corrected chi connectivity index (χ2v) is 24.0. The molecular formula is C76H72F12N18O2P2Ru2. The Morgan fingerprint density at radius 2 is 0.446 bits per heavy atom. The van der Waals surface area contributed by atoms with E-state index in [1.165, 1.54) is 13.8 Å². The zero-order valence-electron chi connectivity index (χ0n) is 60.4. The molecule has 0 aliphatic rings. The zero-order valence-corrected chi connectivity index (χ0v) is 65.7. The first-order chi connectivity index (χ1) is 52.2. The van der Waals surface area contributed by atoms with Gasteiger partial charge in [0.05, 0.1) is 91.8 Å². The molecule has 0 aliphatic carbocycles. The van der Waals surface area contributed by atoms with Crippen molar-refractivity contribution in [2.24, 2.45) is 10.2 Å². The van der Waals surface area contributed by atoms with Gasteiger partial charge in [0.25, 0.3) is 0 Å². The van der Waals surface area contributed by atoms with Crippen LogP contribution >= 0.6 is 15.6 Å². The summed E-state index contributed by atoms with van der Waals surface area (Å²) < 4.78 is 128. The van der Waals surface area contributed by atoms with Crippen molar-refractivity contribution in [3.63, 3.8) is 0 Å². The third-order valence-electron chi connectivity index (χ3n) is 11.5. The fourth-order valence-corrected chi connectivity index (χ4v) is 7.38. The molecule has 0 amide bonds. The van der Waals surface area contributed by atoms with Crippen molar-refractivity contribution in [2.75, 3.05) is 26.4 Å². The monoisotopic (exact) mass is 1760 g/mol. The SMILES string of the molecule is CC#N.CC#N.CCOCC.CCOCC.F[P-](F)(F)(F)(F)F.F[P-](F)(F)(F)(F)F.N#C[N-]c1ccc(N=Nc2ccc([N-]C#N)cc2)cc1.[Ru+2].[Ru+2].c1ccc(-c2cccc(-c3ccccn3)n2)nc1.c1ccc(-c2cccc(-c3ccccn3)n2)nc1.c1ccc(-c2ccccn2)nc1.c1ccc(-c2ccccn2)nc1. The van der Waals surface area contributed by atoms with Crippen molar-refractivity contribution < 1.29 is 98.8 Å². The van der Waals surface area contributed by atoms with Crippen molar-refractivity contribution in [1.82, 2.24) is 49.8 Å². The van der Waals surface area contributed by atoms with Gasteiger partial charge in [-0.25, -0.2) is 9.97 Å². The Hall–Kier alpha value is -11.7. The number of rotatable bonds is 14. The Bertz CT molecular complexity index is 4200. The number of nitriles is 4. The van der Waals surface area contributed by atoms with Gasteiger partial charge in [-0.3, -0.25) is 39.9 Å². The fraction of sp³-hybridized carbons (Fsp3) is 0.132. The number of benzene rings is 2. The van der Waals surface area contributed by atoms with Crippen LogP contribution in [0.4, 0.5) is 73.1 Å². The van der Waals surface area contributed by atoms with E-state index in [0.717, 1.165) is 94.8 Å². The van der Waals surface area contributed by atoms with Crippen LogP contribution in [0.15, 0.2) is 290 Å². The molecule has 0 saturated heterocycles. The molecule has 0 radical (unpaired) electrons. The first-order valence-electron chi connectivity index (χ1n) is 32.1. The summed E-state index contributed by atoms with van der Waals surface area (Å²) in [5.74, 6) is 0. The van der Waals surface area contributed by atoms with Crippen LogP contribution in [0.5, 0.6) is 0 Å². The molecule has 20 nitrogen and oxygen atoms in total. The van der Waals surface area contributed by atoms with E-state index < -0.39 is 15.6 Å². The molecule has 0 unspecified atom stereocenters. The molecule has 12 rings (SSSR count). The molecule has 2 aromatic carbocycles. The number of hydrogen-bond donors (Lipinski definition) is 0. The van der Waals surface area contributed by atoms with E-state index in [9.17, 15) is 50.4 Å². The van der Waals surface area contributed by atoms with Gasteiger partial charge in [-0.2, -0.15) is 20.8 Å². The number of azo groups is 1. The maximum Gasteiger partial charge on any atom is 2.00 e. The minimum absolute atomic E-state index is 0. The van der Waals surface area contributed by atoms with E-state index in [4.69, 9.17) is 30.5 Å². The molecule has 0 bridgehead atoms. The molecule has 12 aromatic rings. The van der Waals surface area contributed by atoms with Crippen LogP contribution < -0.4 is 0 Å². The van der Waals surface area contributed by atoms with Crippen molar-refractivity contribution in [3.8, 4) is 92.9 Å². The summed E-state index contributed by atoms with van der Waals surface area (Å²) >= 11 is 0. The molecule has 10 heterocycles. The van der Waals surface area contributed by atoms with E-state index in [2.05, 4.69) is 70.7 Å². The van der Waals surface area contributed by atoms with Gasteiger partial charge >= 0.3 is 105 Å². The molecule has 36 heteroatoms. The fourth-order valence-electron chi connectivity index (χ4n) is 7.38. The van der Waals surface area contributed by atoms with Gasteiger partial charge < -0.3 is 30.6 Å². The molecule has 0 N–H and O–H groups in total. The number of pyridine rings is 10. The second kappa shape index (κ2) is 51.6. The van der Waals surface area contributed by atoms with Crippen molar-refractivity contribution in [3.05, 3.63) is 291 Å². The molecule has 588 valence electrons. The predicted octanol–water partition coefficient (Wildman–Crippen LogP) is 25.7. The maximum atomic E-state index is 9.87. The largest absolute Gasteiger partial charge is 2.00 e. The predicted molar refractivity (Wildman–Crippen MR) is 405 cm³/mol. The molecule has 0 atom stereocenters. The normalized spacial score (nSPS) is 10.9. The van der Waals surface area contributed by atoms with E-state index in [1.54, 1.807) is 123 Å². The van der Waals surface area contributed by atoms with Crippen LogP contribution in [-0.2, 0) is 48.4 Å². The molecular weight excluding hydrogens is 1690 g/mol. The quantitative estimate of drug-likeness (QED) is 0.0321. The number of aromatic nitrogens is 10. The smallest absolute Gasteiger partial charge is 0.494 e. The third kappa shape index (κ3) is 54.0. The Morgan fingerprint density at radius 3 is 0.580 bits per heavy atom. The molecule has 0 saturated carbocycles. The van der Waals surface area contributed by atoms with Gasteiger partial charge in [0, 0.05) is 89.8 Å². The molecule has 10 aromatic heterocycles. The van der Waals surface area contributed by atoms with Gasteiger partial charge in [-0.1, -0.05) is 97.3 Å². The van der Waals surface area contributed by atoms with Crippen molar-refractivity contribution in [1.29, 1.82) is 21.0 Å². The van der Waals surface area contributed by atoms with Crippen molar-refractivity contribution >= 4 is 38.4 Å².